The van der Waals surface area contributed by atoms with Crippen LogP contribution in [0.25, 0.3) is 0 Å². The summed E-state index contributed by atoms with van der Waals surface area (Å²) < 4.78 is 0. The van der Waals surface area contributed by atoms with Crippen LogP contribution in [-0.4, -0.2) is 31.6 Å². The minimum Gasteiger partial charge on any atom is -0.330 e. The van der Waals surface area contributed by atoms with E-state index in [1.54, 1.807) is 11.1 Å². The summed E-state index contributed by atoms with van der Waals surface area (Å²) in [5, 5.41) is 0. The molecule has 2 rings (SSSR count). The Morgan fingerprint density at radius 2 is 2.17 bits per heavy atom. The van der Waals surface area contributed by atoms with Crippen molar-refractivity contribution < 1.29 is 0 Å². The first-order chi connectivity index (χ1) is 8.70. The molecule has 100 valence electrons. The van der Waals surface area contributed by atoms with Crippen LogP contribution in [0, 0.1) is 5.92 Å². The Balaban J connectivity index is 1.98. The Morgan fingerprint density at radius 1 is 1.39 bits per heavy atom. The summed E-state index contributed by atoms with van der Waals surface area (Å²) in [4.78, 5) is 2.45. The molecular formula is C16H26N2. The van der Waals surface area contributed by atoms with Crippen molar-refractivity contribution in [2.75, 3.05) is 26.7 Å². The van der Waals surface area contributed by atoms with E-state index in [9.17, 15) is 0 Å². The van der Waals surface area contributed by atoms with E-state index in [1.807, 2.05) is 0 Å². The number of likely N-dealkylation sites (N-methyl/N-ethyl adjacent to an activating group) is 1. The molecule has 2 nitrogen and oxygen atoms in total. The molecule has 0 aromatic heterocycles. The van der Waals surface area contributed by atoms with Crippen LogP contribution in [0.3, 0.4) is 0 Å². The molecule has 0 amide bonds. The third-order valence-corrected chi connectivity index (χ3v) is 4.05. The van der Waals surface area contributed by atoms with Gasteiger partial charge in [-0.05, 0) is 55.8 Å². The molecule has 2 N–H and O–H groups in total. The van der Waals surface area contributed by atoms with Gasteiger partial charge in [-0.25, -0.2) is 0 Å². The number of nitrogens with two attached hydrogens (primary N) is 1. The quantitative estimate of drug-likeness (QED) is 0.865. The highest BCUT2D eigenvalue weighted by atomic mass is 15.1. The average molecular weight is 246 g/mol. The number of aryl methyl sites for hydroxylation is 1. The summed E-state index contributed by atoms with van der Waals surface area (Å²) >= 11 is 0. The largest absolute Gasteiger partial charge is 0.330 e. The van der Waals surface area contributed by atoms with E-state index in [2.05, 4.69) is 43.1 Å². The SMILES string of the molecule is CC(CN)CN(C)CC1CCCc2ccccc21. The normalized spacial score (nSPS) is 20.8. The first kappa shape index (κ1) is 13.6. The minimum absolute atomic E-state index is 0.592. The van der Waals surface area contributed by atoms with E-state index in [-0.39, 0.29) is 0 Å². The fourth-order valence-electron chi connectivity index (χ4n) is 3.10. The van der Waals surface area contributed by atoms with Gasteiger partial charge in [0.2, 0.25) is 0 Å². The van der Waals surface area contributed by atoms with Gasteiger partial charge in [-0.15, -0.1) is 0 Å². The zero-order chi connectivity index (χ0) is 13.0. The number of benzene rings is 1. The van der Waals surface area contributed by atoms with E-state index >= 15 is 0 Å². The Hall–Kier alpha value is -0.860. The first-order valence-corrected chi connectivity index (χ1v) is 7.17. The molecule has 2 atom stereocenters. The van der Waals surface area contributed by atoms with Crippen molar-refractivity contribution in [1.29, 1.82) is 0 Å². The second-order valence-corrected chi connectivity index (χ2v) is 5.85. The van der Waals surface area contributed by atoms with Crippen LogP contribution in [-0.2, 0) is 6.42 Å². The highest BCUT2D eigenvalue weighted by Gasteiger charge is 2.21. The highest BCUT2D eigenvalue weighted by molar-refractivity contribution is 5.32. The summed E-state index contributed by atoms with van der Waals surface area (Å²) in [6, 6.07) is 8.96. The van der Waals surface area contributed by atoms with Gasteiger partial charge in [-0.1, -0.05) is 31.2 Å². The second kappa shape index (κ2) is 6.35. The maximum absolute atomic E-state index is 5.70. The van der Waals surface area contributed by atoms with Gasteiger partial charge < -0.3 is 10.6 Å². The van der Waals surface area contributed by atoms with E-state index in [1.165, 1.54) is 25.8 Å². The van der Waals surface area contributed by atoms with Crippen molar-refractivity contribution in [2.45, 2.75) is 32.1 Å². The second-order valence-electron chi connectivity index (χ2n) is 5.85. The van der Waals surface area contributed by atoms with Crippen LogP contribution < -0.4 is 5.73 Å². The molecular weight excluding hydrogens is 220 g/mol. The Morgan fingerprint density at radius 3 is 2.94 bits per heavy atom. The zero-order valence-corrected chi connectivity index (χ0v) is 11.7. The molecule has 0 saturated carbocycles. The van der Waals surface area contributed by atoms with Gasteiger partial charge in [-0.2, -0.15) is 0 Å². The zero-order valence-electron chi connectivity index (χ0n) is 11.7. The lowest BCUT2D eigenvalue weighted by Crippen LogP contribution is -2.32. The van der Waals surface area contributed by atoms with Crippen molar-refractivity contribution in [2.24, 2.45) is 11.7 Å². The number of fused-ring (bicyclic) bond motifs is 1. The lowest BCUT2D eigenvalue weighted by atomic mass is 9.82. The van der Waals surface area contributed by atoms with E-state index in [4.69, 9.17) is 5.73 Å². The molecule has 1 aromatic rings. The standard InChI is InChI=1S/C16H26N2/c1-13(10-17)11-18(2)12-15-8-5-7-14-6-3-4-9-16(14)15/h3-4,6,9,13,15H,5,7-8,10-12,17H2,1-2H3. The summed E-state index contributed by atoms with van der Waals surface area (Å²) in [6.07, 6.45) is 3.93. The van der Waals surface area contributed by atoms with Crippen LogP contribution in [0.2, 0.25) is 0 Å². The first-order valence-electron chi connectivity index (χ1n) is 7.17. The lowest BCUT2D eigenvalue weighted by Gasteiger charge is -2.30. The maximum atomic E-state index is 5.70. The number of nitrogens with zero attached hydrogens (tertiary/aromatic N) is 1. The predicted molar refractivity (Wildman–Crippen MR) is 77.8 cm³/mol. The van der Waals surface area contributed by atoms with Crippen LogP contribution >= 0.6 is 0 Å². The van der Waals surface area contributed by atoms with Crippen LogP contribution in [0.15, 0.2) is 24.3 Å². The van der Waals surface area contributed by atoms with Gasteiger partial charge in [0, 0.05) is 13.1 Å². The molecule has 0 aliphatic heterocycles. The molecule has 0 radical (unpaired) electrons. The van der Waals surface area contributed by atoms with Gasteiger partial charge in [-0.3, -0.25) is 0 Å². The van der Waals surface area contributed by atoms with Gasteiger partial charge >= 0.3 is 0 Å². The molecule has 2 heteroatoms. The molecule has 2 unspecified atom stereocenters. The van der Waals surface area contributed by atoms with Gasteiger partial charge in [0.1, 0.15) is 0 Å². The van der Waals surface area contributed by atoms with Gasteiger partial charge in [0.15, 0.2) is 0 Å². The summed E-state index contributed by atoms with van der Waals surface area (Å²) in [7, 11) is 2.23. The van der Waals surface area contributed by atoms with E-state index in [0.29, 0.717) is 11.8 Å². The molecule has 0 bridgehead atoms. The maximum Gasteiger partial charge on any atom is 0.00474 e. The Kier molecular flexibility index (Phi) is 4.79. The fraction of sp³-hybridized carbons (Fsp3) is 0.625. The smallest absolute Gasteiger partial charge is 0.00474 e. The molecule has 1 aliphatic carbocycles. The van der Waals surface area contributed by atoms with Crippen LogP contribution in [0.1, 0.15) is 36.8 Å². The minimum atomic E-state index is 0.592. The van der Waals surface area contributed by atoms with Gasteiger partial charge in [0.25, 0.3) is 0 Å². The van der Waals surface area contributed by atoms with Crippen molar-refractivity contribution in [3.8, 4) is 0 Å². The topological polar surface area (TPSA) is 29.3 Å². The lowest BCUT2D eigenvalue weighted by molar-refractivity contribution is 0.263. The average Bonchev–Trinajstić information content (AvgIpc) is 2.39. The van der Waals surface area contributed by atoms with Crippen LogP contribution in [0.4, 0.5) is 0 Å². The fourth-order valence-corrected chi connectivity index (χ4v) is 3.10. The molecule has 0 saturated heterocycles. The third kappa shape index (κ3) is 3.33. The molecule has 0 heterocycles. The summed E-state index contributed by atoms with van der Waals surface area (Å²) in [5.41, 5.74) is 8.85. The van der Waals surface area contributed by atoms with Crippen molar-refractivity contribution >= 4 is 0 Å². The van der Waals surface area contributed by atoms with E-state index < -0.39 is 0 Å². The van der Waals surface area contributed by atoms with Crippen LogP contribution in [0.5, 0.6) is 0 Å². The third-order valence-electron chi connectivity index (χ3n) is 4.05. The number of hydrogen-bond acceptors (Lipinski definition) is 2. The molecule has 1 aromatic carbocycles. The molecule has 0 spiro atoms. The number of hydrogen-bond donors (Lipinski definition) is 1. The molecule has 1 aliphatic rings. The monoisotopic (exact) mass is 246 g/mol. The van der Waals surface area contributed by atoms with Gasteiger partial charge in [0.05, 0.1) is 0 Å². The van der Waals surface area contributed by atoms with Crippen molar-refractivity contribution in [1.82, 2.24) is 4.90 Å². The van der Waals surface area contributed by atoms with E-state index in [0.717, 1.165) is 13.1 Å². The Labute approximate surface area is 111 Å². The highest BCUT2D eigenvalue weighted by Crippen LogP contribution is 2.31. The molecule has 0 fully saturated rings. The van der Waals surface area contributed by atoms with Crippen molar-refractivity contribution in [3.05, 3.63) is 35.4 Å². The molecule has 18 heavy (non-hydrogen) atoms. The number of rotatable bonds is 5. The summed E-state index contributed by atoms with van der Waals surface area (Å²) in [5.74, 6) is 1.30. The predicted octanol–water partition coefficient (Wildman–Crippen LogP) is 2.63. The Bertz CT molecular complexity index is 375. The van der Waals surface area contributed by atoms with Crippen molar-refractivity contribution in [3.63, 3.8) is 0 Å². The summed E-state index contributed by atoms with van der Waals surface area (Å²) in [6.45, 7) is 5.29.